The van der Waals surface area contributed by atoms with Crippen LogP contribution in [0.4, 0.5) is 0 Å². The molecule has 2 aromatic rings. The highest BCUT2D eigenvalue weighted by Gasteiger charge is 2.32. The first kappa shape index (κ1) is 11.2. The number of para-hydroxylation sites is 1. The highest BCUT2D eigenvalue weighted by Crippen LogP contribution is 2.36. The molecule has 0 saturated heterocycles. The maximum atomic E-state index is 6.55. The molecule has 0 unspecified atom stereocenters. The third-order valence-corrected chi connectivity index (χ3v) is 4.58. The van der Waals surface area contributed by atoms with Crippen LogP contribution in [0.5, 0.6) is 0 Å². The Balaban J connectivity index is 1.98. The van der Waals surface area contributed by atoms with E-state index in [1.807, 2.05) is 41.2 Å². The van der Waals surface area contributed by atoms with Crippen LogP contribution in [-0.4, -0.2) is 15.8 Å². The molecule has 3 nitrogen and oxygen atoms in total. The molecular formula is C15H14ClN3. The Morgan fingerprint density at radius 3 is 2.84 bits per heavy atom. The summed E-state index contributed by atoms with van der Waals surface area (Å²) in [6.45, 7) is 0. The summed E-state index contributed by atoms with van der Waals surface area (Å²) >= 11 is 6.55. The van der Waals surface area contributed by atoms with Crippen LogP contribution in [0.2, 0.25) is 0 Å². The number of hydrogen-bond acceptors (Lipinski definition) is 2. The SMILES string of the molecule is ClC1=c2cnn(-c3ccccc3)c2=N[C@H]2CCC[C@H]12. The monoisotopic (exact) mass is 271 g/mol. The number of aromatic nitrogens is 2. The number of nitrogens with zero attached hydrogens (tertiary/aromatic N) is 3. The van der Waals surface area contributed by atoms with E-state index in [2.05, 4.69) is 5.10 Å². The third-order valence-electron chi connectivity index (χ3n) is 4.10. The minimum absolute atomic E-state index is 0.346. The summed E-state index contributed by atoms with van der Waals surface area (Å²) in [7, 11) is 0. The van der Waals surface area contributed by atoms with Crippen molar-refractivity contribution in [2.24, 2.45) is 10.9 Å². The van der Waals surface area contributed by atoms with E-state index in [0.717, 1.165) is 34.3 Å². The molecule has 2 aliphatic rings. The second kappa shape index (κ2) is 4.20. The maximum absolute atomic E-state index is 6.55. The number of hydrogen-bond donors (Lipinski definition) is 0. The van der Waals surface area contributed by atoms with Crippen molar-refractivity contribution in [3.63, 3.8) is 0 Å². The average Bonchev–Trinajstić information content (AvgIpc) is 3.07. The molecule has 1 aliphatic carbocycles. The molecule has 19 heavy (non-hydrogen) atoms. The third kappa shape index (κ3) is 1.65. The predicted molar refractivity (Wildman–Crippen MR) is 74.7 cm³/mol. The van der Waals surface area contributed by atoms with Gasteiger partial charge in [-0.3, -0.25) is 4.99 Å². The van der Waals surface area contributed by atoms with Gasteiger partial charge in [0, 0.05) is 11.0 Å². The second-order valence-corrected chi connectivity index (χ2v) is 5.62. The zero-order valence-corrected chi connectivity index (χ0v) is 11.2. The van der Waals surface area contributed by atoms with E-state index in [1.54, 1.807) is 0 Å². The molecule has 1 fully saturated rings. The lowest BCUT2D eigenvalue weighted by atomic mass is 10.0. The van der Waals surface area contributed by atoms with E-state index in [0.29, 0.717) is 12.0 Å². The molecule has 2 heterocycles. The van der Waals surface area contributed by atoms with Gasteiger partial charge in [0.1, 0.15) is 0 Å². The van der Waals surface area contributed by atoms with Gasteiger partial charge in [-0.2, -0.15) is 5.10 Å². The molecule has 96 valence electrons. The van der Waals surface area contributed by atoms with Gasteiger partial charge in [-0.1, -0.05) is 36.2 Å². The first-order chi connectivity index (χ1) is 9.34. The van der Waals surface area contributed by atoms with Crippen molar-refractivity contribution in [1.29, 1.82) is 0 Å². The van der Waals surface area contributed by atoms with E-state index in [-0.39, 0.29) is 0 Å². The molecule has 1 aromatic carbocycles. The van der Waals surface area contributed by atoms with Crippen LogP contribution >= 0.6 is 11.6 Å². The summed E-state index contributed by atoms with van der Waals surface area (Å²) in [6.07, 6.45) is 5.37. The fourth-order valence-corrected chi connectivity index (χ4v) is 3.53. The van der Waals surface area contributed by atoms with E-state index in [9.17, 15) is 0 Å². The highest BCUT2D eigenvalue weighted by atomic mass is 35.5. The van der Waals surface area contributed by atoms with Crippen molar-refractivity contribution in [1.82, 2.24) is 9.78 Å². The molecule has 0 spiro atoms. The van der Waals surface area contributed by atoms with Gasteiger partial charge in [0.15, 0.2) is 5.49 Å². The summed E-state index contributed by atoms with van der Waals surface area (Å²) in [6, 6.07) is 10.4. The molecule has 0 amide bonds. The van der Waals surface area contributed by atoms with Crippen LogP contribution in [-0.2, 0) is 0 Å². The molecule has 1 aliphatic heterocycles. The van der Waals surface area contributed by atoms with Gasteiger partial charge in [-0.15, -0.1) is 0 Å². The molecule has 4 rings (SSSR count). The summed E-state index contributed by atoms with van der Waals surface area (Å²) < 4.78 is 1.90. The van der Waals surface area contributed by atoms with Crippen LogP contribution < -0.4 is 10.7 Å². The van der Waals surface area contributed by atoms with E-state index >= 15 is 0 Å². The van der Waals surface area contributed by atoms with Gasteiger partial charge in [-0.05, 0) is 25.0 Å². The van der Waals surface area contributed by atoms with Crippen LogP contribution in [0.3, 0.4) is 0 Å². The molecule has 2 atom stereocenters. The molecular weight excluding hydrogens is 258 g/mol. The second-order valence-electron chi connectivity index (χ2n) is 5.21. The minimum Gasteiger partial charge on any atom is -0.262 e. The number of halogens is 1. The van der Waals surface area contributed by atoms with Crippen LogP contribution in [0, 0.1) is 5.92 Å². The minimum atomic E-state index is 0.346. The zero-order chi connectivity index (χ0) is 12.8. The lowest BCUT2D eigenvalue weighted by molar-refractivity contribution is 0.569. The quantitative estimate of drug-likeness (QED) is 0.780. The van der Waals surface area contributed by atoms with E-state index in [4.69, 9.17) is 16.6 Å². The molecule has 0 bridgehead atoms. The van der Waals surface area contributed by atoms with Crippen molar-refractivity contribution < 1.29 is 0 Å². The summed E-state index contributed by atoms with van der Waals surface area (Å²) in [4.78, 5) is 4.89. The fourth-order valence-electron chi connectivity index (χ4n) is 3.14. The smallest absolute Gasteiger partial charge is 0.159 e. The average molecular weight is 272 g/mol. The summed E-state index contributed by atoms with van der Waals surface area (Å²) in [5.41, 5.74) is 1.95. The first-order valence-electron chi connectivity index (χ1n) is 6.71. The van der Waals surface area contributed by atoms with Crippen molar-refractivity contribution in [3.05, 3.63) is 47.2 Å². The number of rotatable bonds is 1. The number of benzene rings is 1. The molecule has 0 N–H and O–H groups in total. The van der Waals surface area contributed by atoms with Gasteiger partial charge in [0.25, 0.3) is 0 Å². The largest absolute Gasteiger partial charge is 0.262 e. The van der Waals surface area contributed by atoms with Crippen molar-refractivity contribution >= 4 is 16.6 Å². The first-order valence-corrected chi connectivity index (χ1v) is 7.09. The summed E-state index contributed by atoms with van der Waals surface area (Å²) in [5, 5.41) is 6.42. The lowest BCUT2D eigenvalue weighted by Crippen LogP contribution is -2.38. The molecule has 1 aromatic heterocycles. The highest BCUT2D eigenvalue weighted by molar-refractivity contribution is 6.45. The molecule has 0 radical (unpaired) electrons. The van der Waals surface area contributed by atoms with Crippen molar-refractivity contribution in [3.8, 4) is 5.69 Å². The van der Waals surface area contributed by atoms with Gasteiger partial charge >= 0.3 is 0 Å². The standard InChI is InChI=1S/C15H14ClN3/c16-14-11-7-4-8-13(11)18-15-12(14)9-17-19(15)10-5-2-1-3-6-10/h1-3,5-6,9,11,13H,4,7-8H2/t11-,13-/m0/s1. The predicted octanol–water partition coefficient (Wildman–Crippen LogP) is 2.02. The fraction of sp³-hybridized carbons (Fsp3) is 0.333. The van der Waals surface area contributed by atoms with E-state index < -0.39 is 0 Å². The van der Waals surface area contributed by atoms with Gasteiger partial charge < -0.3 is 0 Å². The molecule has 1 saturated carbocycles. The Morgan fingerprint density at radius 1 is 1.16 bits per heavy atom. The van der Waals surface area contributed by atoms with E-state index in [1.165, 1.54) is 6.42 Å². The topological polar surface area (TPSA) is 30.2 Å². The van der Waals surface area contributed by atoms with Gasteiger partial charge in [0.05, 0.1) is 23.1 Å². The Morgan fingerprint density at radius 2 is 2.00 bits per heavy atom. The Bertz CT molecular complexity index is 732. The van der Waals surface area contributed by atoms with Crippen LogP contribution in [0.25, 0.3) is 10.7 Å². The zero-order valence-electron chi connectivity index (χ0n) is 10.5. The van der Waals surface area contributed by atoms with Crippen LogP contribution in [0.15, 0.2) is 41.5 Å². The van der Waals surface area contributed by atoms with Gasteiger partial charge in [-0.25, -0.2) is 4.68 Å². The Hall–Kier alpha value is -1.61. The lowest BCUT2D eigenvalue weighted by Gasteiger charge is -2.18. The molecule has 4 heteroatoms. The van der Waals surface area contributed by atoms with Crippen LogP contribution in [0.1, 0.15) is 19.3 Å². The normalized spacial score (nSPS) is 24.8. The number of fused-ring (bicyclic) bond motifs is 2. The Labute approximate surface area is 116 Å². The summed E-state index contributed by atoms with van der Waals surface area (Å²) in [5.74, 6) is 0.419. The van der Waals surface area contributed by atoms with Crippen molar-refractivity contribution in [2.45, 2.75) is 25.3 Å². The Kier molecular flexibility index (Phi) is 2.49. The van der Waals surface area contributed by atoms with Crippen molar-refractivity contribution in [2.75, 3.05) is 0 Å². The van der Waals surface area contributed by atoms with Gasteiger partial charge in [0.2, 0.25) is 0 Å². The maximum Gasteiger partial charge on any atom is 0.159 e.